The van der Waals surface area contributed by atoms with Crippen LogP contribution in [0.2, 0.25) is 0 Å². The molecule has 186 valence electrons. The lowest BCUT2D eigenvalue weighted by atomic mass is 9.99. The second-order valence-electron chi connectivity index (χ2n) is 8.52. The minimum atomic E-state index is -3.49. The fraction of sp³-hybridized carbons (Fsp3) is 0.259. The standard InChI is InChI=1S/C27H23F4N3O2/c1-4-23-25(34-7-9-36-10-8-34)13-18(15-32-23)19-14-24(22(29)11-16(19)2)33-26(35)17-5-6-21(28)20(12-17)27(3,30)31/h1,5-6,11-15H,7-10H2,2-3H3,(H,33,35). The van der Waals surface area contributed by atoms with Gasteiger partial charge in [0.1, 0.15) is 17.3 Å². The summed E-state index contributed by atoms with van der Waals surface area (Å²) in [5, 5.41) is 2.40. The summed E-state index contributed by atoms with van der Waals surface area (Å²) in [5.41, 5.74) is 1.72. The van der Waals surface area contributed by atoms with E-state index in [1.165, 1.54) is 12.1 Å². The number of nitrogens with zero attached hydrogens (tertiary/aromatic N) is 2. The fourth-order valence-corrected chi connectivity index (χ4v) is 4.03. The number of benzene rings is 2. The molecule has 1 aliphatic heterocycles. The minimum absolute atomic E-state index is 0.163. The Morgan fingerprint density at radius 2 is 1.86 bits per heavy atom. The van der Waals surface area contributed by atoms with Crippen molar-refractivity contribution < 1.29 is 27.1 Å². The van der Waals surface area contributed by atoms with Crippen LogP contribution in [0.4, 0.5) is 28.9 Å². The molecule has 5 nitrogen and oxygen atoms in total. The maximum Gasteiger partial charge on any atom is 0.273 e. The van der Waals surface area contributed by atoms with E-state index in [0.717, 1.165) is 23.9 Å². The highest BCUT2D eigenvalue weighted by atomic mass is 19.3. The molecular weight excluding hydrogens is 474 g/mol. The van der Waals surface area contributed by atoms with Crippen molar-refractivity contribution in [2.45, 2.75) is 19.8 Å². The monoisotopic (exact) mass is 497 g/mol. The Kier molecular flexibility index (Phi) is 7.00. The summed E-state index contributed by atoms with van der Waals surface area (Å²) in [7, 11) is 0. The predicted molar refractivity (Wildman–Crippen MR) is 129 cm³/mol. The number of hydrogen-bond donors (Lipinski definition) is 1. The largest absolute Gasteiger partial charge is 0.378 e. The van der Waals surface area contributed by atoms with Gasteiger partial charge < -0.3 is 15.0 Å². The van der Waals surface area contributed by atoms with Crippen LogP contribution in [0.15, 0.2) is 42.6 Å². The number of pyridine rings is 1. The van der Waals surface area contributed by atoms with Crippen LogP contribution in [-0.2, 0) is 10.7 Å². The second-order valence-corrected chi connectivity index (χ2v) is 8.52. The zero-order valence-corrected chi connectivity index (χ0v) is 19.7. The van der Waals surface area contributed by atoms with Gasteiger partial charge in [-0.3, -0.25) is 4.79 Å². The number of amides is 1. The van der Waals surface area contributed by atoms with E-state index in [0.29, 0.717) is 55.6 Å². The van der Waals surface area contributed by atoms with Gasteiger partial charge >= 0.3 is 0 Å². The summed E-state index contributed by atoms with van der Waals surface area (Å²) in [6.45, 7) is 4.62. The Labute approximate surface area is 206 Å². The van der Waals surface area contributed by atoms with Crippen molar-refractivity contribution in [3.8, 4) is 23.5 Å². The topological polar surface area (TPSA) is 54.5 Å². The number of carbonyl (C=O) groups is 1. The van der Waals surface area contributed by atoms with Gasteiger partial charge in [-0.1, -0.05) is 0 Å². The molecule has 4 rings (SSSR count). The molecule has 9 heteroatoms. The lowest BCUT2D eigenvalue weighted by Crippen LogP contribution is -2.36. The van der Waals surface area contributed by atoms with Crippen LogP contribution in [0.25, 0.3) is 11.1 Å². The Balaban J connectivity index is 1.68. The normalized spacial score (nSPS) is 13.9. The van der Waals surface area contributed by atoms with Crippen molar-refractivity contribution in [3.63, 3.8) is 0 Å². The predicted octanol–water partition coefficient (Wildman–Crippen LogP) is 5.52. The summed E-state index contributed by atoms with van der Waals surface area (Å²) in [4.78, 5) is 19.2. The Bertz CT molecular complexity index is 1360. The highest BCUT2D eigenvalue weighted by Gasteiger charge is 2.29. The molecule has 1 saturated heterocycles. The van der Waals surface area contributed by atoms with Crippen LogP contribution in [0.1, 0.15) is 34.1 Å². The number of alkyl halides is 2. The van der Waals surface area contributed by atoms with Crippen molar-refractivity contribution >= 4 is 17.3 Å². The third-order valence-electron chi connectivity index (χ3n) is 5.93. The van der Waals surface area contributed by atoms with E-state index >= 15 is 0 Å². The number of hydrogen-bond acceptors (Lipinski definition) is 4. The van der Waals surface area contributed by atoms with Crippen molar-refractivity contribution in [1.82, 2.24) is 4.98 Å². The molecule has 2 heterocycles. The number of halogens is 4. The third-order valence-corrected chi connectivity index (χ3v) is 5.93. The van der Waals surface area contributed by atoms with Gasteiger partial charge in [0.2, 0.25) is 0 Å². The summed E-state index contributed by atoms with van der Waals surface area (Å²) >= 11 is 0. The van der Waals surface area contributed by atoms with Crippen LogP contribution in [0.5, 0.6) is 0 Å². The summed E-state index contributed by atoms with van der Waals surface area (Å²) in [6, 6.07) is 7.15. The number of morpholine rings is 1. The molecule has 2 aromatic carbocycles. The second kappa shape index (κ2) is 9.99. The van der Waals surface area contributed by atoms with Gasteiger partial charge in [-0.25, -0.2) is 22.5 Å². The highest BCUT2D eigenvalue weighted by Crippen LogP contribution is 2.33. The number of rotatable bonds is 5. The number of terminal acetylenes is 1. The average molecular weight is 497 g/mol. The number of ether oxygens (including phenoxy) is 1. The van der Waals surface area contributed by atoms with E-state index in [2.05, 4.69) is 21.1 Å². The number of carbonyl (C=O) groups excluding carboxylic acids is 1. The quantitative estimate of drug-likeness (QED) is 0.373. The Morgan fingerprint density at radius 3 is 2.53 bits per heavy atom. The van der Waals surface area contributed by atoms with Crippen LogP contribution < -0.4 is 10.2 Å². The molecule has 3 aromatic rings. The smallest absolute Gasteiger partial charge is 0.273 e. The SMILES string of the molecule is C#Cc1ncc(-c2cc(NC(=O)c3ccc(F)c(C(C)(F)F)c3)c(F)cc2C)cc1N1CCOCC1. The van der Waals surface area contributed by atoms with Crippen LogP contribution in [0.3, 0.4) is 0 Å². The molecule has 0 spiro atoms. The zero-order valence-electron chi connectivity index (χ0n) is 19.7. The van der Waals surface area contributed by atoms with Gasteiger partial charge in [0.05, 0.1) is 30.2 Å². The van der Waals surface area contributed by atoms with E-state index in [9.17, 15) is 22.4 Å². The average Bonchev–Trinajstić information content (AvgIpc) is 2.85. The van der Waals surface area contributed by atoms with Crippen molar-refractivity contribution in [2.24, 2.45) is 0 Å². The first-order valence-electron chi connectivity index (χ1n) is 11.2. The Hall–Kier alpha value is -3.90. The number of nitrogens with one attached hydrogen (secondary N) is 1. The van der Waals surface area contributed by atoms with Crippen molar-refractivity contribution in [1.29, 1.82) is 0 Å². The maximum absolute atomic E-state index is 14.8. The lowest BCUT2D eigenvalue weighted by Gasteiger charge is -2.29. The molecule has 1 N–H and O–H groups in total. The van der Waals surface area contributed by atoms with Gasteiger partial charge in [-0.2, -0.15) is 0 Å². The molecular formula is C27H23F4N3O2. The third kappa shape index (κ3) is 5.19. The summed E-state index contributed by atoms with van der Waals surface area (Å²) in [6.07, 6.45) is 7.21. The maximum atomic E-state index is 14.8. The lowest BCUT2D eigenvalue weighted by molar-refractivity contribution is 0.0137. The molecule has 1 fully saturated rings. The van der Waals surface area contributed by atoms with Gasteiger partial charge in [0.15, 0.2) is 0 Å². The van der Waals surface area contributed by atoms with Crippen LogP contribution in [-0.4, -0.2) is 37.2 Å². The molecule has 0 atom stereocenters. The van der Waals surface area contributed by atoms with Gasteiger partial charge in [0.25, 0.3) is 11.8 Å². The van der Waals surface area contributed by atoms with E-state index in [1.807, 2.05) is 6.07 Å². The number of aryl methyl sites for hydroxylation is 1. The van der Waals surface area contributed by atoms with Crippen LogP contribution in [0, 0.1) is 30.9 Å². The molecule has 1 aromatic heterocycles. The molecule has 36 heavy (non-hydrogen) atoms. The summed E-state index contributed by atoms with van der Waals surface area (Å²) in [5.74, 6) is -3.62. The zero-order chi connectivity index (χ0) is 26.0. The molecule has 0 unspecified atom stereocenters. The first kappa shape index (κ1) is 25.2. The van der Waals surface area contributed by atoms with Gasteiger partial charge in [-0.15, -0.1) is 6.42 Å². The molecule has 1 amide bonds. The highest BCUT2D eigenvalue weighted by molar-refractivity contribution is 6.04. The number of aromatic nitrogens is 1. The molecule has 0 radical (unpaired) electrons. The Morgan fingerprint density at radius 1 is 1.14 bits per heavy atom. The van der Waals surface area contributed by atoms with E-state index < -0.39 is 29.0 Å². The van der Waals surface area contributed by atoms with Gasteiger partial charge in [-0.05, 0) is 60.4 Å². The van der Waals surface area contributed by atoms with Crippen molar-refractivity contribution in [2.75, 3.05) is 36.5 Å². The first-order valence-corrected chi connectivity index (χ1v) is 11.2. The van der Waals surface area contributed by atoms with E-state index in [-0.39, 0.29) is 11.3 Å². The molecule has 0 bridgehead atoms. The minimum Gasteiger partial charge on any atom is -0.378 e. The fourth-order valence-electron chi connectivity index (χ4n) is 4.03. The van der Waals surface area contributed by atoms with Crippen LogP contribution >= 0.6 is 0 Å². The molecule has 0 saturated carbocycles. The van der Waals surface area contributed by atoms with E-state index in [1.54, 1.807) is 13.1 Å². The summed E-state index contributed by atoms with van der Waals surface area (Å²) < 4.78 is 61.4. The molecule has 0 aliphatic carbocycles. The molecule has 1 aliphatic rings. The van der Waals surface area contributed by atoms with Crippen molar-refractivity contribution in [3.05, 3.63) is 76.6 Å². The van der Waals surface area contributed by atoms with E-state index in [4.69, 9.17) is 11.2 Å². The van der Waals surface area contributed by atoms with Gasteiger partial charge in [0, 0.05) is 37.3 Å². The number of anilines is 2. The first-order chi connectivity index (χ1) is 17.1.